The van der Waals surface area contributed by atoms with Gasteiger partial charge in [0.25, 0.3) is 0 Å². The first kappa shape index (κ1) is 7.61. The number of aromatic nitrogens is 4. The standard InChI is InChI=1S/C9H8N4O/c1-2-6(1)9-12-8(13-14-9)7-3-4-10-11-5-7/h3-6H,1-2H2. The van der Waals surface area contributed by atoms with Crippen LogP contribution in [-0.2, 0) is 0 Å². The fourth-order valence-corrected chi connectivity index (χ4v) is 1.27. The van der Waals surface area contributed by atoms with Crippen LogP contribution in [0.4, 0.5) is 0 Å². The average molecular weight is 188 g/mol. The van der Waals surface area contributed by atoms with Gasteiger partial charge in [-0.3, -0.25) is 0 Å². The molecular formula is C9H8N4O. The van der Waals surface area contributed by atoms with Crippen molar-refractivity contribution in [3.63, 3.8) is 0 Å². The molecule has 0 atom stereocenters. The van der Waals surface area contributed by atoms with E-state index in [2.05, 4.69) is 20.3 Å². The van der Waals surface area contributed by atoms with E-state index in [9.17, 15) is 0 Å². The van der Waals surface area contributed by atoms with E-state index in [1.807, 2.05) is 6.07 Å². The van der Waals surface area contributed by atoms with Crippen molar-refractivity contribution in [2.75, 3.05) is 0 Å². The molecular weight excluding hydrogens is 180 g/mol. The molecule has 14 heavy (non-hydrogen) atoms. The first-order valence-corrected chi connectivity index (χ1v) is 4.54. The van der Waals surface area contributed by atoms with Crippen LogP contribution in [-0.4, -0.2) is 20.3 Å². The lowest BCUT2D eigenvalue weighted by Gasteiger charge is -1.88. The van der Waals surface area contributed by atoms with Crippen molar-refractivity contribution < 1.29 is 4.52 Å². The smallest absolute Gasteiger partial charge is 0.230 e. The van der Waals surface area contributed by atoms with Gasteiger partial charge in [0.2, 0.25) is 11.7 Å². The van der Waals surface area contributed by atoms with Gasteiger partial charge in [0.1, 0.15) is 0 Å². The highest BCUT2D eigenvalue weighted by Crippen LogP contribution is 2.39. The molecule has 2 aromatic rings. The van der Waals surface area contributed by atoms with Crippen LogP contribution in [0.15, 0.2) is 23.0 Å². The quantitative estimate of drug-likeness (QED) is 0.712. The van der Waals surface area contributed by atoms with Crippen molar-refractivity contribution in [2.24, 2.45) is 0 Å². The molecule has 0 N–H and O–H groups in total. The highest BCUT2D eigenvalue weighted by atomic mass is 16.5. The third kappa shape index (κ3) is 1.26. The number of nitrogens with zero attached hydrogens (tertiary/aromatic N) is 4. The SMILES string of the molecule is c1cc(-c2noc(C3CC3)n2)cnn1. The van der Waals surface area contributed by atoms with Crippen LogP contribution in [0.25, 0.3) is 11.4 Å². The second kappa shape index (κ2) is 2.87. The summed E-state index contributed by atoms with van der Waals surface area (Å²) in [6, 6.07) is 1.81. The third-order valence-electron chi connectivity index (χ3n) is 2.21. The Morgan fingerprint density at radius 2 is 2.21 bits per heavy atom. The lowest BCUT2D eigenvalue weighted by molar-refractivity contribution is 0.380. The zero-order valence-corrected chi connectivity index (χ0v) is 7.42. The Morgan fingerprint density at radius 3 is 2.93 bits per heavy atom. The van der Waals surface area contributed by atoms with Crippen LogP contribution >= 0.6 is 0 Å². The van der Waals surface area contributed by atoms with Crippen LogP contribution in [0, 0.1) is 0 Å². The number of hydrogen-bond donors (Lipinski definition) is 0. The van der Waals surface area contributed by atoms with Crippen molar-refractivity contribution in [3.05, 3.63) is 24.4 Å². The zero-order chi connectivity index (χ0) is 9.38. The molecule has 1 saturated carbocycles. The van der Waals surface area contributed by atoms with Gasteiger partial charge in [-0.1, -0.05) is 5.16 Å². The van der Waals surface area contributed by atoms with Crippen molar-refractivity contribution in [3.8, 4) is 11.4 Å². The molecule has 5 heteroatoms. The van der Waals surface area contributed by atoms with E-state index in [1.165, 1.54) is 0 Å². The molecule has 0 aliphatic heterocycles. The van der Waals surface area contributed by atoms with Gasteiger partial charge in [-0.2, -0.15) is 15.2 Å². The highest BCUT2D eigenvalue weighted by Gasteiger charge is 2.29. The van der Waals surface area contributed by atoms with Gasteiger partial charge in [-0.05, 0) is 18.9 Å². The highest BCUT2D eigenvalue weighted by molar-refractivity contribution is 5.51. The minimum Gasteiger partial charge on any atom is -0.339 e. The molecule has 0 spiro atoms. The van der Waals surface area contributed by atoms with E-state index < -0.39 is 0 Å². The van der Waals surface area contributed by atoms with Crippen LogP contribution in [0.2, 0.25) is 0 Å². The summed E-state index contributed by atoms with van der Waals surface area (Å²) in [5.74, 6) is 1.84. The van der Waals surface area contributed by atoms with E-state index in [0.717, 1.165) is 24.3 Å². The molecule has 2 aromatic heterocycles. The molecule has 70 valence electrons. The molecule has 0 radical (unpaired) electrons. The van der Waals surface area contributed by atoms with Gasteiger partial charge in [-0.15, -0.1) is 0 Å². The molecule has 1 aliphatic carbocycles. The van der Waals surface area contributed by atoms with Crippen molar-refractivity contribution >= 4 is 0 Å². The molecule has 0 amide bonds. The maximum Gasteiger partial charge on any atom is 0.230 e. The lowest BCUT2D eigenvalue weighted by atomic mass is 10.3. The number of rotatable bonds is 2. The van der Waals surface area contributed by atoms with Crippen molar-refractivity contribution in [2.45, 2.75) is 18.8 Å². The normalized spacial score (nSPS) is 15.7. The van der Waals surface area contributed by atoms with Crippen LogP contribution in [0.1, 0.15) is 24.7 Å². The molecule has 1 aliphatic rings. The molecule has 5 nitrogen and oxygen atoms in total. The summed E-state index contributed by atoms with van der Waals surface area (Å²) >= 11 is 0. The molecule has 0 unspecified atom stereocenters. The summed E-state index contributed by atoms with van der Waals surface area (Å²) in [5, 5.41) is 11.3. The molecule has 2 heterocycles. The van der Waals surface area contributed by atoms with E-state index in [-0.39, 0.29) is 0 Å². The van der Waals surface area contributed by atoms with Gasteiger partial charge in [0.15, 0.2) is 0 Å². The van der Waals surface area contributed by atoms with Gasteiger partial charge in [-0.25, -0.2) is 0 Å². The zero-order valence-electron chi connectivity index (χ0n) is 7.42. The summed E-state index contributed by atoms with van der Waals surface area (Å²) in [6.45, 7) is 0. The lowest BCUT2D eigenvalue weighted by Crippen LogP contribution is -1.84. The number of hydrogen-bond acceptors (Lipinski definition) is 5. The Balaban J connectivity index is 1.96. The minimum atomic E-state index is 0.492. The van der Waals surface area contributed by atoms with Gasteiger partial charge in [0, 0.05) is 11.5 Å². The van der Waals surface area contributed by atoms with Gasteiger partial charge < -0.3 is 4.52 Å². The Hall–Kier alpha value is -1.78. The molecule has 0 saturated heterocycles. The predicted molar refractivity (Wildman–Crippen MR) is 47.3 cm³/mol. The van der Waals surface area contributed by atoms with Gasteiger partial charge in [0.05, 0.1) is 12.4 Å². The summed E-state index contributed by atoms with van der Waals surface area (Å²) in [6.07, 6.45) is 5.57. The van der Waals surface area contributed by atoms with Crippen molar-refractivity contribution in [1.29, 1.82) is 0 Å². The van der Waals surface area contributed by atoms with Crippen molar-refractivity contribution in [1.82, 2.24) is 20.3 Å². The molecule has 3 rings (SSSR count). The maximum absolute atomic E-state index is 5.13. The second-order valence-corrected chi connectivity index (χ2v) is 3.36. The Kier molecular flexibility index (Phi) is 1.56. The van der Waals surface area contributed by atoms with Crippen LogP contribution in [0.3, 0.4) is 0 Å². The summed E-state index contributed by atoms with van der Waals surface area (Å²) in [4.78, 5) is 4.30. The average Bonchev–Trinajstić information content (AvgIpc) is 2.98. The van der Waals surface area contributed by atoms with Crippen LogP contribution in [0.5, 0.6) is 0 Å². The largest absolute Gasteiger partial charge is 0.339 e. The molecule has 0 aromatic carbocycles. The predicted octanol–water partition coefficient (Wildman–Crippen LogP) is 1.40. The monoisotopic (exact) mass is 188 g/mol. The maximum atomic E-state index is 5.13. The van der Waals surface area contributed by atoms with E-state index >= 15 is 0 Å². The fraction of sp³-hybridized carbons (Fsp3) is 0.333. The van der Waals surface area contributed by atoms with Crippen LogP contribution < -0.4 is 0 Å². The van der Waals surface area contributed by atoms with E-state index in [0.29, 0.717) is 11.7 Å². The first-order chi connectivity index (χ1) is 6.93. The van der Waals surface area contributed by atoms with E-state index in [1.54, 1.807) is 12.4 Å². The topological polar surface area (TPSA) is 64.7 Å². The minimum absolute atomic E-state index is 0.492. The Bertz CT molecular complexity index is 435. The van der Waals surface area contributed by atoms with Gasteiger partial charge >= 0.3 is 0 Å². The summed E-state index contributed by atoms with van der Waals surface area (Å²) in [7, 11) is 0. The Morgan fingerprint density at radius 1 is 1.29 bits per heavy atom. The Labute approximate surface area is 80.2 Å². The third-order valence-corrected chi connectivity index (χ3v) is 2.21. The summed E-state index contributed by atoms with van der Waals surface area (Å²) < 4.78 is 5.13. The summed E-state index contributed by atoms with van der Waals surface area (Å²) in [5.41, 5.74) is 0.843. The molecule has 1 fully saturated rings. The fourth-order valence-electron chi connectivity index (χ4n) is 1.27. The van der Waals surface area contributed by atoms with E-state index in [4.69, 9.17) is 4.52 Å². The molecule has 0 bridgehead atoms. The second-order valence-electron chi connectivity index (χ2n) is 3.36. The first-order valence-electron chi connectivity index (χ1n) is 4.54.